The lowest BCUT2D eigenvalue weighted by molar-refractivity contribution is -0.139. The lowest BCUT2D eigenvalue weighted by atomic mass is 10.2. The molecule has 0 radical (unpaired) electrons. The Bertz CT molecular complexity index is 390. The number of carbonyl (C=O) groups is 3. The fourth-order valence-corrected chi connectivity index (χ4v) is 1.84. The van der Waals surface area contributed by atoms with Crippen molar-refractivity contribution in [3.8, 4) is 0 Å². The lowest BCUT2D eigenvalue weighted by Gasteiger charge is -2.20. The minimum absolute atomic E-state index is 0.0233. The number of nitrogens with one attached hydrogen (secondary N) is 2. The van der Waals surface area contributed by atoms with Gasteiger partial charge in [0.2, 0.25) is 5.91 Å². The number of carboxylic acids is 1. The highest BCUT2D eigenvalue weighted by Crippen LogP contribution is 2.32. The summed E-state index contributed by atoms with van der Waals surface area (Å²) in [7, 11) is 1.48. The molecule has 0 heterocycles. The molecule has 0 saturated heterocycles. The van der Waals surface area contributed by atoms with Crippen LogP contribution in [0, 0.1) is 5.92 Å². The molecule has 2 saturated carbocycles. The van der Waals surface area contributed by atoms with E-state index in [0.717, 1.165) is 25.7 Å². The van der Waals surface area contributed by atoms with Gasteiger partial charge in [0, 0.05) is 13.1 Å². The van der Waals surface area contributed by atoms with Gasteiger partial charge < -0.3 is 20.6 Å². The molecule has 1 unspecified atom stereocenters. The van der Waals surface area contributed by atoms with E-state index in [1.165, 1.54) is 11.9 Å². The second kappa shape index (κ2) is 5.46. The largest absolute Gasteiger partial charge is 0.480 e. The highest BCUT2D eigenvalue weighted by atomic mass is 16.4. The Labute approximate surface area is 111 Å². The maximum absolute atomic E-state index is 11.8. The number of rotatable bonds is 6. The quantitative estimate of drug-likeness (QED) is 0.620. The summed E-state index contributed by atoms with van der Waals surface area (Å²) in [5, 5.41) is 14.2. The van der Waals surface area contributed by atoms with Gasteiger partial charge in [-0.2, -0.15) is 0 Å². The molecular weight excluding hydrogens is 250 g/mol. The summed E-state index contributed by atoms with van der Waals surface area (Å²) in [6.45, 7) is -0.0562. The van der Waals surface area contributed by atoms with Crippen molar-refractivity contribution in [3.63, 3.8) is 0 Å². The van der Waals surface area contributed by atoms with Crippen molar-refractivity contribution in [2.24, 2.45) is 5.92 Å². The van der Waals surface area contributed by atoms with Crippen molar-refractivity contribution in [1.29, 1.82) is 0 Å². The number of hydrogen-bond donors (Lipinski definition) is 3. The summed E-state index contributed by atoms with van der Waals surface area (Å²) in [6, 6.07) is -1.12. The van der Waals surface area contributed by atoms with Crippen molar-refractivity contribution >= 4 is 17.9 Å². The Morgan fingerprint density at radius 1 is 1.26 bits per heavy atom. The van der Waals surface area contributed by atoms with Gasteiger partial charge in [0.25, 0.3) is 0 Å². The summed E-state index contributed by atoms with van der Waals surface area (Å²) in [6.07, 6.45) is 3.63. The third-order valence-corrected chi connectivity index (χ3v) is 3.31. The van der Waals surface area contributed by atoms with Gasteiger partial charge in [-0.05, 0) is 31.6 Å². The van der Waals surface area contributed by atoms with Crippen LogP contribution in [0.1, 0.15) is 25.7 Å². The third kappa shape index (κ3) is 4.11. The van der Waals surface area contributed by atoms with Crippen LogP contribution in [0.4, 0.5) is 4.79 Å². The zero-order valence-electron chi connectivity index (χ0n) is 10.9. The van der Waals surface area contributed by atoms with E-state index >= 15 is 0 Å². The molecule has 7 heteroatoms. The SMILES string of the molecule is CN(CC(=O)NC1CC1)C(=O)NC(C(=O)O)C1CC1. The average Bonchev–Trinajstić information content (AvgIpc) is 3.17. The number of likely N-dealkylation sites (N-methyl/N-ethyl adjacent to an activating group) is 1. The minimum Gasteiger partial charge on any atom is -0.480 e. The maximum Gasteiger partial charge on any atom is 0.326 e. The van der Waals surface area contributed by atoms with Crippen molar-refractivity contribution in [2.75, 3.05) is 13.6 Å². The Morgan fingerprint density at radius 2 is 1.89 bits per heavy atom. The molecule has 0 aliphatic heterocycles. The van der Waals surface area contributed by atoms with E-state index in [0.29, 0.717) is 0 Å². The molecule has 0 aromatic heterocycles. The van der Waals surface area contributed by atoms with E-state index in [2.05, 4.69) is 10.6 Å². The molecule has 0 bridgehead atoms. The Kier molecular flexibility index (Phi) is 3.92. The molecule has 0 aromatic rings. The van der Waals surface area contributed by atoms with Crippen LogP contribution in [0.5, 0.6) is 0 Å². The molecule has 2 rings (SSSR count). The van der Waals surface area contributed by atoms with Crippen molar-refractivity contribution < 1.29 is 19.5 Å². The van der Waals surface area contributed by atoms with Gasteiger partial charge in [0.1, 0.15) is 12.6 Å². The summed E-state index contributed by atoms with van der Waals surface area (Å²) in [5.41, 5.74) is 0. The van der Waals surface area contributed by atoms with Crippen LogP contribution in [-0.2, 0) is 9.59 Å². The summed E-state index contributed by atoms with van der Waals surface area (Å²) < 4.78 is 0. The van der Waals surface area contributed by atoms with Crippen LogP contribution < -0.4 is 10.6 Å². The molecule has 19 heavy (non-hydrogen) atoms. The first-order valence-electron chi connectivity index (χ1n) is 6.51. The van der Waals surface area contributed by atoms with E-state index in [4.69, 9.17) is 5.11 Å². The number of carboxylic acid groups (broad SMARTS) is 1. The minimum atomic E-state index is -1.02. The smallest absolute Gasteiger partial charge is 0.326 e. The standard InChI is InChI=1S/C12H19N3O4/c1-15(6-9(16)13-8-4-5-8)12(19)14-10(11(17)18)7-2-3-7/h7-8,10H,2-6H2,1H3,(H,13,16)(H,14,19)(H,17,18). The van der Waals surface area contributed by atoms with Gasteiger partial charge in [0.05, 0.1) is 0 Å². The van der Waals surface area contributed by atoms with Crippen molar-refractivity contribution in [3.05, 3.63) is 0 Å². The van der Waals surface area contributed by atoms with Gasteiger partial charge >= 0.3 is 12.0 Å². The molecule has 0 spiro atoms. The van der Waals surface area contributed by atoms with Gasteiger partial charge in [-0.15, -0.1) is 0 Å². The van der Waals surface area contributed by atoms with E-state index in [-0.39, 0.29) is 24.4 Å². The second-order valence-corrected chi connectivity index (χ2v) is 5.30. The third-order valence-electron chi connectivity index (χ3n) is 3.31. The van der Waals surface area contributed by atoms with Crippen LogP contribution in [0.3, 0.4) is 0 Å². The molecule has 2 aliphatic rings. The summed E-state index contributed by atoms with van der Waals surface area (Å²) >= 11 is 0. The van der Waals surface area contributed by atoms with Crippen LogP contribution in [-0.4, -0.2) is 53.6 Å². The number of carbonyl (C=O) groups excluding carboxylic acids is 2. The molecule has 3 N–H and O–H groups in total. The molecule has 1 atom stereocenters. The second-order valence-electron chi connectivity index (χ2n) is 5.30. The van der Waals surface area contributed by atoms with Crippen molar-refractivity contribution in [1.82, 2.24) is 15.5 Å². The number of urea groups is 1. The van der Waals surface area contributed by atoms with Gasteiger partial charge in [-0.3, -0.25) is 4.79 Å². The molecule has 2 fully saturated rings. The van der Waals surface area contributed by atoms with Crippen LogP contribution >= 0.6 is 0 Å². The van der Waals surface area contributed by atoms with Gasteiger partial charge in [-0.1, -0.05) is 0 Å². The molecular formula is C12H19N3O4. The highest BCUT2D eigenvalue weighted by Gasteiger charge is 2.37. The first-order chi connectivity index (χ1) is 8.97. The van der Waals surface area contributed by atoms with Crippen LogP contribution in [0.25, 0.3) is 0 Å². The predicted molar refractivity (Wildman–Crippen MR) is 66.5 cm³/mol. The summed E-state index contributed by atoms with van der Waals surface area (Å²) in [5.74, 6) is -1.21. The first kappa shape index (κ1) is 13.6. The van der Waals surface area contributed by atoms with E-state index in [1.807, 2.05) is 0 Å². The normalized spacial score (nSPS) is 19.4. The van der Waals surface area contributed by atoms with E-state index < -0.39 is 18.0 Å². The van der Waals surface area contributed by atoms with E-state index in [1.54, 1.807) is 0 Å². The maximum atomic E-state index is 11.8. The zero-order chi connectivity index (χ0) is 14.0. The molecule has 3 amide bonds. The topological polar surface area (TPSA) is 98.7 Å². The number of aliphatic carboxylic acids is 1. The number of amides is 3. The first-order valence-corrected chi connectivity index (χ1v) is 6.51. The molecule has 7 nitrogen and oxygen atoms in total. The molecule has 2 aliphatic carbocycles. The van der Waals surface area contributed by atoms with Crippen LogP contribution in [0.15, 0.2) is 0 Å². The zero-order valence-corrected chi connectivity index (χ0v) is 10.9. The highest BCUT2D eigenvalue weighted by molar-refractivity contribution is 5.87. The monoisotopic (exact) mass is 269 g/mol. The Hall–Kier alpha value is -1.79. The molecule has 0 aromatic carbocycles. The van der Waals surface area contributed by atoms with Gasteiger partial charge in [0.15, 0.2) is 0 Å². The predicted octanol–water partition coefficient (Wildman–Crippen LogP) is -0.230. The number of hydrogen-bond acceptors (Lipinski definition) is 3. The Balaban J connectivity index is 1.76. The Morgan fingerprint density at radius 3 is 2.37 bits per heavy atom. The molecule has 106 valence electrons. The van der Waals surface area contributed by atoms with Crippen molar-refractivity contribution in [2.45, 2.75) is 37.8 Å². The van der Waals surface area contributed by atoms with Crippen LogP contribution in [0.2, 0.25) is 0 Å². The average molecular weight is 269 g/mol. The number of nitrogens with zero attached hydrogens (tertiary/aromatic N) is 1. The fourth-order valence-electron chi connectivity index (χ4n) is 1.84. The van der Waals surface area contributed by atoms with Gasteiger partial charge in [-0.25, -0.2) is 9.59 Å². The summed E-state index contributed by atoms with van der Waals surface area (Å²) in [4.78, 5) is 35.5. The van der Waals surface area contributed by atoms with E-state index in [9.17, 15) is 14.4 Å². The fraction of sp³-hybridized carbons (Fsp3) is 0.750. The lowest BCUT2D eigenvalue weighted by Crippen LogP contribution is -2.50.